The van der Waals surface area contributed by atoms with Crippen LogP contribution in [0, 0.1) is 5.82 Å². The van der Waals surface area contributed by atoms with Crippen molar-refractivity contribution in [3.05, 3.63) is 47.7 Å². The predicted molar refractivity (Wildman–Crippen MR) is 72.8 cm³/mol. The minimum Gasteiger partial charge on any atom is -0.461 e. The summed E-state index contributed by atoms with van der Waals surface area (Å²) in [5.41, 5.74) is 6.43. The number of rotatable bonds is 4. The number of anilines is 1. The molecule has 0 spiro atoms. The van der Waals surface area contributed by atoms with Crippen molar-refractivity contribution >= 4 is 11.8 Å². The summed E-state index contributed by atoms with van der Waals surface area (Å²) in [6.07, 6.45) is 1.42. The van der Waals surface area contributed by atoms with Gasteiger partial charge in [0.25, 0.3) is 0 Å². The average molecular weight is 277 g/mol. The number of aromatic nitrogens is 2. The largest absolute Gasteiger partial charge is 0.461 e. The van der Waals surface area contributed by atoms with Gasteiger partial charge in [-0.2, -0.15) is 0 Å². The van der Waals surface area contributed by atoms with Crippen LogP contribution >= 0.6 is 0 Å². The predicted octanol–water partition coefficient (Wildman–Crippen LogP) is 2.39. The molecule has 1 aromatic carbocycles. The fraction of sp³-hybridized carbons (Fsp3) is 0.286. The van der Waals surface area contributed by atoms with Crippen molar-refractivity contribution in [1.82, 2.24) is 9.55 Å². The van der Waals surface area contributed by atoms with Gasteiger partial charge in [0.1, 0.15) is 11.6 Å². The van der Waals surface area contributed by atoms with Crippen LogP contribution in [0.3, 0.4) is 0 Å². The van der Waals surface area contributed by atoms with E-state index in [1.54, 1.807) is 36.6 Å². The lowest BCUT2D eigenvalue weighted by Crippen LogP contribution is -2.13. The molecule has 0 aliphatic carbocycles. The maximum absolute atomic E-state index is 13.8. The number of carbonyl (C=O) groups excluding carboxylic acids is 1. The fourth-order valence-corrected chi connectivity index (χ4v) is 2.00. The fourth-order valence-electron chi connectivity index (χ4n) is 2.00. The van der Waals surface area contributed by atoms with Crippen LogP contribution < -0.4 is 5.73 Å². The van der Waals surface area contributed by atoms with Crippen molar-refractivity contribution in [2.45, 2.75) is 19.9 Å². The maximum atomic E-state index is 13.8. The number of nitrogens with two attached hydrogens (primary N) is 1. The van der Waals surface area contributed by atoms with Crippen LogP contribution in [0.4, 0.5) is 10.2 Å². The first-order valence-electron chi connectivity index (χ1n) is 6.30. The minimum absolute atomic E-state index is 0.0510. The number of ether oxygens (including phenoxy) is 1. The molecule has 6 heteroatoms. The standard InChI is InChI=1S/C14H16FN3O2/c1-3-20-14(19)12-13(16)18(8-17-12)9(2)10-6-4-5-7-11(10)15/h4-9H,3,16H2,1-2H3. The molecule has 106 valence electrons. The first-order valence-corrected chi connectivity index (χ1v) is 6.30. The molecule has 2 aromatic rings. The molecule has 0 fully saturated rings. The Bertz CT molecular complexity index is 625. The molecule has 0 saturated carbocycles. The van der Waals surface area contributed by atoms with Gasteiger partial charge in [-0.15, -0.1) is 0 Å². The molecule has 2 rings (SSSR count). The van der Waals surface area contributed by atoms with Crippen molar-refractivity contribution < 1.29 is 13.9 Å². The zero-order valence-electron chi connectivity index (χ0n) is 11.3. The Hall–Kier alpha value is -2.37. The van der Waals surface area contributed by atoms with E-state index in [2.05, 4.69) is 4.98 Å². The van der Waals surface area contributed by atoms with Gasteiger partial charge in [-0.3, -0.25) is 0 Å². The maximum Gasteiger partial charge on any atom is 0.360 e. The van der Waals surface area contributed by atoms with E-state index in [1.807, 2.05) is 0 Å². The molecule has 1 aromatic heterocycles. The Labute approximate surface area is 116 Å². The summed E-state index contributed by atoms with van der Waals surface area (Å²) in [5.74, 6) is -0.741. The third-order valence-electron chi connectivity index (χ3n) is 3.07. The molecule has 0 aliphatic heterocycles. The summed E-state index contributed by atoms with van der Waals surface area (Å²) in [7, 11) is 0. The highest BCUT2D eigenvalue weighted by Gasteiger charge is 2.21. The molecule has 0 amide bonds. The van der Waals surface area contributed by atoms with Gasteiger partial charge in [-0.05, 0) is 19.9 Å². The molecule has 2 N–H and O–H groups in total. The molecule has 1 atom stereocenters. The van der Waals surface area contributed by atoms with Crippen LogP contribution in [-0.4, -0.2) is 22.1 Å². The van der Waals surface area contributed by atoms with E-state index in [0.29, 0.717) is 5.56 Å². The normalized spacial score (nSPS) is 12.2. The van der Waals surface area contributed by atoms with Gasteiger partial charge in [0.2, 0.25) is 0 Å². The summed E-state index contributed by atoms with van der Waals surface area (Å²) in [6.45, 7) is 3.73. The number of benzene rings is 1. The zero-order valence-corrected chi connectivity index (χ0v) is 11.3. The molecule has 5 nitrogen and oxygen atoms in total. The van der Waals surface area contributed by atoms with Crippen molar-refractivity contribution in [1.29, 1.82) is 0 Å². The van der Waals surface area contributed by atoms with Gasteiger partial charge >= 0.3 is 5.97 Å². The number of nitrogen functional groups attached to an aromatic ring is 1. The molecule has 0 aliphatic rings. The Balaban J connectivity index is 2.35. The third-order valence-corrected chi connectivity index (χ3v) is 3.07. The van der Waals surface area contributed by atoms with Gasteiger partial charge in [-0.1, -0.05) is 18.2 Å². The summed E-state index contributed by atoms with van der Waals surface area (Å²) < 4.78 is 20.2. The van der Waals surface area contributed by atoms with Gasteiger partial charge < -0.3 is 15.0 Å². The minimum atomic E-state index is -0.579. The smallest absolute Gasteiger partial charge is 0.360 e. The second-order valence-electron chi connectivity index (χ2n) is 4.30. The number of hydrogen-bond donors (Lipinski definition) is 1. The summed E-state index contributed by atoms with van der Waals surface area (Å²) in [4.78, 5) is 15.6. The molecular weight excluding hydrogens is 261 g/mol. The van der Waals surface area contributed by atoms with Crippen LogP contribution in [0.25, 0.3) is 0 Å². The monoisotopic (exact) mass is 277 g/mol. The first-order chi connectivity index (χ1) is 9.56. The first kappa shape index (κ1) is 14.0. The Morgan fingerprint density at radius 1 is 1.50 bits per heavy atom. The highest BCUT2D eigenvalue weighted by Crippen LogP contribution is 2.25. The Morgan fingerprint density at radius 3 is 2.85 bits per heavy atom. The summed E-state index contributed by atoms with van der Waals surface area (Å²) >= 11 is 0. The number of imidazole rings is 1. The van der Waals surface area contributed by atoms with Crippen molar-refractivity contribution in [3.8, 4) is 0 Å². The second-order valence-corrected chi connectivity index (χ2v) is 4.30. The molecule has 1 unspecified atom stereocenters. The van der Waals surface area contributed by atoms with Crippen LogP contribution in [0.1, 0.15) is 35.9 Å². The van der Waals surface area contributed by atoms with Crippen LogP contribution in [-0.2, 0) is 4.74 Å². The van der Waals surface area contributed by atoms with Crippen molar-refractivity contribution in [2.24, 2.45) is 0 Å². The topological polar surface area (TPSA) is 70.1 Å². The van der Waals surface area contributed by atoms with Gasteiger partial charge in [0, 0.05) is 5.56 Å². The van der Waals surface area contributed by atoms with E-state index in [0.717, 1.165) is 0 Å². The average Bonchev–Trinajstić information content (AvgIpc) is 2.81. The van der Waals surface area contributed by atoms with E-state index in [9.17, 15) is 9.18 Å². The second kappa shape index (κ2) is 5.73. The lowest BCUT2D eigenvalue weighted by Gasteiger charge is -2.16. The SMILES string of the molecule is CCOC(=O)c1ncn(C(C)c2ccccc2F)c1N. The molecule has 20 heavy (non-hydrogen) atoms. The molecule has 0 bridgehead atoms. The van der Waals surface area contributed by atoms with E-state index in [1.165, 1.54) is 12.4 Å². The third kappa shape index (κ3) is 2.49. The summed E-state index contributed by atoms with van der Waals surface area (Å²) in [6, 6.07) is 6.04. The van der Waals surface area contributed by atoms with Gasteiger partial charge in [-0.25, -0.2) is 14.2 Å². The van der Waals surface area contributed by atoms with E-state index >= 15 is 0 Å². The molecule has 1 heterocycles. The molecule has 0 radical (unpaired) electrons. The molecule has 0 saturated heterocycles. The van der Waals surface area contributed by atoms with E-state index in [4.69, 9.17) is 10.5 Å². The van der Waals surface area contributed by atoms with Crippen molar-refractivity contribution in [2.75, 3.05) is 12.3 Å². The van der Waals surface area contributed by atoms with Crippen LogP contribution in [0.5, 0.6) is 0 Å². The molecular formula is C14H16FN3O2. The number of esters is 1. The quantitative estimate of drug-likeness (QED) is 0.871. The lowest BCUT2D eigenvalue weighted by atomic mass is 10.1. The van der Waals surface area contributed by atoms with Crippen LogP contribution in [0.15, 0.2) is 30.6 Å². The highest BCUT2D eigenvalue weighted by atomic mass is 19.1. The van der Waals surface area contributed by atoms with E-state index in [-0.39, 0.29) is 30.0 Å². The summed E-state index contributed by atoms with van der Waals surface area (Å²) in [5, 5.41) is 0. The Kier molecular flexibility index (Phi) is 4.02. The van der Waals surface area contributed by atoms with E-state index < -0.39 is 5.97 Å². The Morgan fingerprint density at radius 2 is 2.20 bits per heavy atom. The van der Waals surface area contributed by atoms with Gasteiger partial charge in [0.15, 0.2) is 5.69 Å². The van der Waals surface area contributed by atoms with Gasteiger partial charge in [0.05, 0.1) is 19.0 Å². The number of hydrogen-bond acceptors (Lipinski definition) is 4. The lowest BCUT2D eigenvalue weighted by molar-refractivity contribution is 0.0521. The number of halogens is 1. The van der Waals surface area contributed by atoms with Crippen molar-refractivity contribution in [3.63, 3.8) is 0 Å². The number of nitrogens with zero attached hydrogens (tertiary/aromatic N) is 2. The zero-order chi connectivity index (χ0) is 14.7. The number of carbonyl (C=O) groups is 1. The van der Waals surface area contributed by atoms with Crippen LogP contribution in [0.2, 0.25) is 0 Å². The highest BCUT2D eigenvalue weighted by molar-refractivity contribution is 5.92.